The molecule has 1 amide bonds. The molecule has 1 aromatic rings. The number of nitrogens with two attached hydrogens (primary N) is 1. The van der Waals surface area contributed by atoms with Gasteiger partial charge in [-0.15, -0.1) is 0 Å². The molecule has 5 heteroatoms. The van der Waals surface area contributed by atoms with Gasteiger partial charge in [-0.2, -0.15) is 0 Å². The lowest BCUT2D eigenvalue weighted by molar-refractivity contribution is -0.135. The quantitative estimate of drug-likeness (QED) is 0.862. The van der Waals surface area contributed by atoms with E-state index in [0.29, 0.717) is 13.1 Å². The zero-order chi connectivity index (χ0) is 15.6. The van der Waals surface area contributed by atoms with E-state index in [1.54, 1.807) is 0 Å². The maximum absolute atomic E-state index is 12.9. The summed E-state index contributed by atoms with van der Waals surface area (Å²) in [6.45, 7) is 6.55. The minimum atomic E-state index is -0.527. The van der Waals surface area contributed by atoms with E-state index in [1.807, 2.05) is 35.2 Å². The number of amides is 1. The number of thiocarbonyl (C=S) groups is 1. The van der Waals surface area contributed by atoms with Crippen LogP contribution in [0.1, 0.15) is 25.3 Å². The van der Waals surface area contributed by atoms with Crippen LogP contribution >= 0.6 is 12.2 Å². The van der Waals surface area contributed by atoms with Gasteiger partial charge in [0, 0.05) is 25.2 Å². The van der Waals surface area contributed by atoms with Crippen LogP contribution in [0.15, 0.2) is 30.3 Å². The molecule has 1 aliphatic heterocycles. The molecule has 0 aromatic heterocycles. The number of hydrogen-bond acceptors (Lipinski definition) is 3. The van der Waals surface area contributed by atoms with Crippen molar-refractivity contribution < 1.29 is 4.79 Å². The first-order valence-electron chi connectivity index (χ1n) is 7.17. The van der Waals surface area contributed by atoms with Gasteiger partial charge in [0.15, 0.2) is 0 Å². The van der Waals surface area contributed by atoms with Crippen LogP contribution in [-0.2, 0) is 4.79 Å². The molecule has 1 fully saturated rings. The molecule has 0 aliphatic carbocycles. The fraction of sp³-hybridized carbons (Fsp3) is 0.500. The van der Waals surface area contributed by atoms with E-state index in [2.05, 4.69) is 25.8 Å². The summed E-state index contributed by atoms with van der Waals surface area (Å²) in [5.41, 5.74) is 6.68. The molecule has 4 nitrogen and oxygen atoms in total. The molecule has 1 unspecified atom stereocenters. The zero-order valence-electron chi connectivity index (χ0n) is 12.9. The van der Waals surface area contributed by atoms with E-state index >= 15 is 0 Å². The Morgan fingerprint density at radius 1 is 1.29 bits per heavy atom. The number of benzene rings is 1. The lowest BCUT2D eigenvalue weighted by Gasteiger charge is -2.46. The number of carbonyl (C=O) groups is 1. The summed E-state index contributed by atoms with van der Waals surface area (Å²) in [5.74, 6) is -0.518. The van der Waals surface area contributed by atoms with Crippen LogP contribution in [0.3, 0.4) is 0 Å². The molecule has 0 radical (unpaired) electrons. The lowest BCUT2D eigenvalue weighted by atomic mass is 9.94. The number of carbonyl (C=O) groups excluding carboxylic acids is 1. The third-order valence-corrected chi connectivity index (χ3v) is 4.53. The number of hydrogen-bond donors (Lipinski definition) is 1. The maximum Gasteiger partial charge on any atom is 0.237 e. The Kier molecular flexibility index (Phi) is 4.64. The van der Waals surface area contributed by atoms with Crippen LogP contribution in [0.4, 0.5) is 0 Å². The van der Waals surface area contributed by atoms with Gasteiger partial charge in [-0.25, -0.2) is 0 Å². The van der Waals surface area contributed by atoms with E-state index in [0.717, 1.165) is 12.1 Å². The van der Waals surface area contributed by atoms with Gasteiger partial charge in [-0.1, -0.05) is 42.5 Å². The Labute approximate surface area is 131 Å². The molecule has 1 heterocycles. The van der Waals surface area contributed by atoms with Crippen molar-refractivity contribution in [3.63, 3.8) is 0 Å². The SMILES string of the molecule is CN1CCN(C(=O)C(C(N)=S)c2ccccc2)CC1(C)C. The molecule has 0 spiro atoms. The predicted octanol–water partition coefficient (Wildman–Crippen LogP) is 1.61. The summed E-state index contributed by atoms with van der Waals surface area (Å²) in [6.07, 6.45) is 0. The number of rotatable bonds is 3. The van der Waals surface area contributed by atoms with Crippen molar-refractivity contribution in [2.45, 2.75) is 25.3 Å². The second-order valence-electron chi connectivity index (χ2n) is 6.24. The first-order valence-corrected chi connectivity index (χ1v) is 7.58. The van der Waals surface area contributed by atoms with E-state index in [-0.39, 0.29) is 16.4 Å². The minimum Gasteiger partial charge on any atom is -0.392 e. The molecule has 1 saturated heterocycles. The van der Waals surface area contributed by atoms with Crippen LogP contribution in [0.2, 0.25) is 0 Å². The van der Waals surface area contributed by atoms with Gasteiger partial charge in [0.25, 0.3) is 0 Å². The Bertz CT molecular complexity index is 530. The summed E-state index contributed by atoms with van der Waals surface area (Å²) in [5, 5.41) is 0. The molecule has 21 heavy (non-hydrogen) atoms. The Hall–Kier alpha value is -1.46. The van der Waals surface area contributed by atoms with Crippen LogP contribution < -0.4 is 5.73 Å². The van der Waals surface area contributed by atoms with Gasteiger partial charge < -0.3 is 10.6 Å². The van der Waals surface area contributed by atoms with Crippen molar-refractivity contribution in [3.05, 3.63) is 35.9 Å². The first-order chi connectivity index (χ1) is 9.83. The number of likely N-dealkylation sites (N-methyl/N-ethyl adjacent to an activating group) is 1. The second kappa shape index (κ2) is 6.12. The van der Waals surface area contributed by atoms with Crippen LogP contribution in [0.5, 0.6) is 0 Å². The molecular weight excluding hydrogens is 282 g/mol. The fourth-order valence-electron chi connectivity index (χ4n) is 2.68. The fourth-order valence-corrected chi connectivity index (χ4v) is 2.92. The number of nitrogens with zero attached hydrogens (tertiary/aromatic N) is 2. The topological polar surface area (TPSA) is 49.6 Å². The second-order valence-corrected chi connectivity index (χ2v) is 6.71. The van der Waals surface area contributed by atoms with Gasteiger partial charge in [-0.05, 0) is 26.5 Å². The van der Waals surface area contributed by atoms with Crippen molar-refractivity contribution in [2.24, 2.45) is 5.73 Å². The van der Waals surface area contributed by atoms with Gasteiger partial charge in [0.2, 0.25) is 5.91 Å². The highest BCUT2D eigenvalue weighted by molar-refractivity contribution is 7.80. The van der Waals surface area contributed by atoms with Crippen molar-refractivity contribution >= 4 is 23.1 Å². The first kappa shape index (κ1) is 15.9. The molecule has 2 N–H and O–H groups in total. The highest BCUT2D eigenvalue weighted by atomic mass is 32.1. The average molecular weight is 305 g/mol. The third-order valence-electron chi connectivity index (χ3n) is 4.29. The minimum absolute atomic E-state index is 0.00914. The van der Waals surface area contributed by atoms with E-state index in [9.17, 15) is 4.79 Å². The van der Waals surface area contributed by atoms with Crippen LogP contribution in [0.25, 0.3) is 0 Å². The Morgan fingerprint density at radius 2 is 1.90 bits per heavy atom. The number of piperazine rings is 1. The molecule has 0 saturated carbocycles. The third kappa shape index (κ3) is 3.41. The lowest BCUT2D eigenvalue weighted by Crippen LogP contribution is -2.60. The van der Waals surface area contributed by atoms with Gasteiger partial charge in [-0.3, -0.25) is 9.69 Å². The van der Waals surface area contributed by atoms with Crippen LogP contribution in [-0.4, -0.2) is 52.9 Å². The van der Waals surface area contributed by atoms with Gasteiger partial charge in [0.1, 0.15) is 5.92 Å². The summed E-state index contributed by atoms with van der Waals surface area (Å²) in [7, 11) is 2.09. The Balaban J connectivity index is 2.22. The molecule has 1 atom stereocenters. The molecular formula is C16H23N3OS. The molecule has 2 rings (SSSR count). The zero-order valence-corrected chi connectivity index (χ0v) is 13.7. The van der Waals surface area contributed by atoms with E-state index in [1.165, 1.54) is 0 Å². The highest BCUT2D eigenvalue weighted by Gasteiger charge is 2.36. The molecule has 0 bridgehead atoms. The van der Waals surface area contributed by atoms with Crippen molar-refractivity contribution in [2.75, 3.05) is 26.7 Å². The molecule has 1 aliphatic rings. The standard InChI is InChI=1S/C16H23N3OS/c1-16(2)11-19(10-9-18(16)3)15(20)13(14(17)21)12-7-5-4-6-8-12/h4-8,13H,9-11H2,1-3H3,(H2,17,21). The predicted molar refractivity (Wildman–Crippen MR) is 89.3 cm³/mol. The molecule has 1 aromatic carbocycles. The monoisotopic (exact) mass is 305 g/mol. The largest absolute Gasteiger partial charge is 0.392 e. The normalized spacial score (nSPS) is 20.0. The summed E-state index contributed by atoms with van der Waals surface area (Å²) in [4.78, 5) is 17.3. The highest BCUT2D eigenvalue weighted by Crippen LogP contribution is 2.24. The van der Waals surface area contributed by atoms with E-state index in [4.69, 9.17) is 18.0 Å². The van der Waals surface area contributed by atoms with Crippen LogP contribution in [0, 0.1) is 0 Å². The van der Waals surface area contributed by atoms with Gasteiger partial charge in [0.05, 0.1) is 4.99 Å². The summed E-state index contributed by atoms with van der Waals surface area (Å²) < 4.78 is 0. The average Bonchev–Trinajstić information content (AvgIpc) is 2.42. The van der Waals surface area contributed by atoms with Crippen molar-refractivity contribution in [1.82, 2.24) is 9.80 Å². The Morgan fingerprint density at radius 3 is 2.43 bits per heavy atom. The molecule has 114 valence electrons. The van der Waals surface area contributed by atoms with E-state index < -0.39 is 5.92 Å². The van der Waals surface area contributed by atoms with Crippen molar-refractivity contribution in [3.8, 4) is 0 Å². The summed E-state index contributed by atoms with van der Waals surface area (Å²) >= 11 is 5.14. The van der Waals surface area contributed by atoms with Crippen molar-refractivity contribution in [1.29, 1.82) is 0 Å². The summed E-state index contributed by atoms with van der Waals surface area (Å²) in [6, 6.07) is 9.54. The maximum atomic E-state index is 12.9. The smallest absolute Gasteiger partial charge is 0.237 e. The van der Waals surface area contributed by atoms with Gasteiger partial charge >= 0.3 is 0 Å².